The molecule has 2 aliphatic rings. The van der Waals surface area contributed by atoms with E-state index in [1.807, 2.05) is 0 Å². The van der Waals surface area contributed by atoms with Crippen LogP contribution in [-0.2, 0) is 0 Å². The first-order valence-electron chi connectivity index (χ1n) is 7.37. The van der Waals surface area contributed by atoms with Crippen molar-refractivity contribution in [3.63, 3.8) is 0 Å². The fourth-order valence-corrected chi connectivity index (χ4v) is 3.47. The Bertz CT molecular complexity index is 222. The normalized spacial score (nSPS) is 33.2. The average Bonchev–Trinajstić information content (AvgIpc) is 2.39. The van der Waals surface area contributed by atoms with Crippen LogP contribution in [0.1, 0.15) is 39.5 Å². The Hall–Kier alpha value is -0.120. The number of nitrogens with zero attached hydrogens (tertiary/aromatic N) is 2. The van der Waals surface area contributed by atoms with Gasteiger partial charge in [-0.15, -0.1) is 0 Å². The third-order valence-corrected chi connectivity index (χ3v) is 4.65. The van der Waals surface area contributed by atoms with E-state index in [9.17, 15) is 0 Å². The maximum atomic E-state index is 3.53. The number of likely N-dealkylation sites (N-methyl/N-ethyl adjacent to an activating group) is 1. The highest BCUT2D eigenvalue weighted by atomic mass is 15.3. The van der Waals surface area contributed by atoms with Gasteiger partial charge >= 0.3 is 0 Å². The molecule has 17 heavy (non-hydrogen) atoms. The number of hydrogen-bond donors (Lipinski definition) is 1. The Morgan fingerprint density at radius 1 is 1.00 bits per heavy atom. The molecule has 0 spiro atoms. The molecule has 1 N–H and O–H groups in total. The van der Waals surface area contributed by atoms with E-state index in [2.05, 4.69) is 36.0 Å². The molecule has 2 rings (SSSR count). The van der Waals surface area contributed by atoms with Gasteiger partial charge in [0.15, 0.2) is 0 Å². The number of piperazine rings is 1. The van der Waals surface area contributed by atoms with E-state index in [0.29, 0.717) is 6.04 Å². The lowest BCUT2D eigenvalue weighted by Gasteiger charge is -2.45. The highest BCUT2D eigenvalue weighted by Gasteiger charge is 2.31. The summed E-state index contributed by atoms with van der Waals surface area (Å²) in [7, 11) is 2.13. The molecule has 1 aliphatic heterocycles. The lowest BCUT2D eigenvalue weighted by molar-refractivity contribution is 0.0510. The third-order valence-electron chi connectivity index (χ3n) is 4.65. The number of nitrogens with one attached hydrogen (secondary N) is 1. The molecule has 1 heterocycles. The van der Waals surface area contributed by atoms with Gasteiger partial charge in [0.1, 0.15) is 0 Å². The molecule has 0 bridgehead atoms. The van der Waals surface area contributed by atoms with Crippen LogP contribution in [-0.4, -0.2) is 61.2 Å². The SMILES string of the molecule is CNC1CCCCC1N1CCN(C(C)C)CC1. The van der Waals surface area contributed by atoms with Gasteiger partial charge in [-0.05, 0) is 33.7 Å². The molecule has 2 atom stereocenters. The Balaban J connectivity index is 1.86. The van der Waals surface area contributed by atoms with Crippen LogP contribution in [0.15, 0.2) is 0 Å². The summed E-state index contributed by atoms with van der Waals surface area (Å²) in [5.74, 6) is 0. The van der Waals surface area contributed by atoms with Crippen LogP contribution in [0.4, 0.5) is 0 Å². The smallest absolute Gasteiger partial charge is 0.0250 e. The van der Waals surface area contributed by atoms with Gasteiger partial charge in [0.2, 0.25) is 0 Å². The minimum absolute atomic E-state index is 0.712. The first-order chi connectivity index (χ1) is 8.22. The molecule has 3 nitrogen and oxygen atoms in total. The Kier molecular flexibility index (Phi) is 4.83. The molecule has 3 heteroatoms. The monoisotopic (exact) mass is 239 g/mol. The summed E-state index contributed by atoms with van der Waals surface area (Å²) in [6.07, 6.45) is 5.60. The highest BCUT2D eigenvalue weighted by molar-refractivity contribution is 4.89. The number of rotatable bonds is 3. The maximum Gasteiger partial charge on any atom is 0.0250 e. The number of hydrogen-bond acceptors (Lipinski definition) is 3. The van der Waals surface area contributed by atoms with Crippen molar-refractivity contribution in [2.45, 2.75) is 57.7 Å². The van der Waals surface area contributed by atoms with Crippen molar-refractivity contribution < 1.29 is 0 Å². The zero-order valence-electron chi connectivity index (χ0n) is 11.8. The van der Waals surface area contributed by atoms with Gasteiger partial charge < -0.3 is 5.32 Å². The first kappa shape index (κ1) is 13.3. The van der Waals surface area contributed by atoms with E-state index in [1.165, 1.54) is 51.9 Å². The van der Waals surface area contributed by atoms with E-state index >= 15 is 0 Å². The summed E-state index contributed by atoms with van der Waals surface area (Å²) < 4.78 is 0. The predicted molar refractivity (Wildman–Crippen MR) is 73.4 cm³/mol. The maximum absolute atomic E-state index is 3.53. The fraction of sp³-hybridized carbons (Fsp3) is 1.00. The van der Waals surface area contributed by atoms with E-state index in [4.69, 9.17) is 0 Å². The van der Waals surface area contributed by atoms with Crippen LogP contribution in [0.25, 0.3) is 0 Å². The standard InChI is InChI=1S/C14H29N3/c1-12(2)16-8-10-17(11-9-16)14-7-5-4-6-13(14)15-3/h12-15H,4-11H2,1-3H3. The Morgan fingerprint density at radius 3 is 2.24 bits per heavy atom. The molecule has 2 unspecified atom stereocenters. The molecule has 100 valence electrons. The van der Waals surface area contributed by atoms with Crippen molar-refractivity contribution in [3.8, 4) is 0 Å². The van der Waals surface area contributed by atoms with Gasteiger partial charge in [-0.1, -0.05) is 12.8 Å². The predicted octanol–water partition coefficient (Wildman–Crippen LogP) is 1.54. The van der Waals surface area contributed by atoms with Crippen LogP contribution in [0.3, 0.4) is 0 Å². The minimum Gasteiger partial charge on any atom is -0.315 e. The van der Waals surface area contributed by atoms with Gasteiger partial charge in [0, 0.05) is 44.3 Å². The highest BCUT2D eigenvalue weighted by Crippen LogP contribution is 2.24. The van der Waals surface area contributed by atoms with Crippen LogP contribution in [0.2, 0.25) is 0 Å². The molecule has 0 aromatic heterocycles. The summed E-state index contributed by atoms with van der Waals surface area (Å²) in [5, 5.41) is 3.53. The van der Waals surface area contributed by atoms with Gasteiger partial charge in [-0.25, -0.2) is 0 Å². The molecule has 0 aromatic rings. The average molecular weight is 239 g/mol. The molecule has 2 fully saturated rings. The summed E-state index contributed by atoms with van der Waals surface area (Å²) in [6, 6.07) is 2.24. The van der Waals surface area contributed by atoms with Crippen molar-refractivity contribution in [3.05, 3.63) is 0 Å². The third kappa shape index (κ3) is 3.21. The second-order valence-electron chi connectivity index (χ2n) is 5.91. The lowest BCUT2D eigenvalue weighted by atomic mass is 9.89. The second-order valence-corrected chi connectivity index (χ2v) is 5.91. The van der Waals surface area contributed by atoms with Crippen molar-refractivity contribution in [1.29, 1.82) is 0 Å². The molecule has 0 radical (unpaired) electrons. The molecule has 0 aromatic carbocycles. The molecule has 1 saturated carbocycles. The lowest BCUT2D eigenvalue weighted by Crippen LogP contribution is -2.57. The Labute approximate surface area is 107 Å². The zero-order valence-corrected chi connectivity index (χ0v) is 11.8. The van der Waals surface area contributed by atoms with E-state index in [0.717, 1.165) is 12.1 Å². The van der Waals surface area contributed by atoms with E-state index < -0.39 is 0 Å². The molecule has 1 saturated heterocycles. The second kappa shape index (κ2) is 6.17. The largest absolute Gasteiger partial charge is 0.315 e. The van der Waals surface area contributed by atoms with Crippen LogP contribution < -0.4 is 5.32 Å². The van der Waals surface area contributed by atoms with Gasteiger partial charge in [-0.2, -0.15) is 0 Å². The molecule has 1 aliphatic carbocycles. The van der Waals surface area contributed by atoms with Crippen LogP contribution in [0.5, 0.6) is 0 Å². The van der Waals surface area contributed by atoms with Crippen molar-refractivity contribution in [1.82, 2.24) is 15.1 Å². The van der Waals surface area contributed by atoms with Crippen molar-refractivity contribution in [2.24, 2.45) is 0 Å². The molecular weight excluding hydrogens is 210 g/mol. The first-order valence-corrected chi connectivity index (χ1v) is 7.37. The molecular formula is C14H29N3. The Morgan fingerprint density at radius 2 is 1.65 bits per heavy atom. The topological polar surface area (TPSA) is 18.5 Å². The minimum atomic E-state index is 0.712. The molecule has 0 amide bonds. The summed E-state index contributed by atoms with van der Waals surface area (Å²) in [6.45, 7) is 9.66. The zero-order chi connectivity index (χ0) is 12.3. The van der Waals surface area contributed by atoms with Gasteiger partial charge in [0.05, 0.1) is 0 Å². The van der Waals surface area contributed by atoms with Gasteiger partial charge in [-0.3, -0.25) is 9.80 Å². The summed E-state index contributed by atoms with van der Waals surface area (Å²) in [4.78, 5) is 5.34. The van der Waals surface area contributed by atoms with Gasteiger partial charge in [0.25, 0.3) is 0 Å². The van der Waals surface area contributed by atoms with E-state index in [1.54, 1.807) is 0 Å². The fourth-order valence-electron chi connectivity index (χ4n) is 3.47. The summed E-state index contributed by atoms with van der Waals surface area (Å²) in [5.41, 5.74) is 0. The summed E-state index contributed by atoms with van der Waals surface area (Å²) >= 11 is 0. The van der Waals surface area contributed by atoms with Crippen LogP contribution >= 0.6 is 0 Å². The van der Waals surface area contributed by atoms with Crippen molar-refractivity contribution >= 4 is 0 Å². The van der Waals surface area contributed by atoms with Crippen molar-refractivity contribution in [2.75, 3.05) is 33.2 Å². The quantitative estimate of drug-likeness (QED) is 0.806. The van der Waals surface area contributed by atoms with E-state index in [-0.39, 0.29) is 0 Å². The van der Waals surface area contributed by atoms with Crippen LogP contribution in [0, 0.1) is 0 Å².